The first-order chi connectivity index (χ1) is 7.94. The zero-order valence-electron chi connectivity index (χ0n) is 11.7. The largest absolute Gasteiger partial charge is 0.377 e. The molecule has 0 aromatic heterocycles. The van der Waals surface area contributed by atoms with Gasteiger partial charge in [0.25, 0.3) is 0 Å². The maximum atomic E-state index is 6.32. The van der Waals surface area contributed by atoms with E-state index in [1.54, 1.807) is 7.11 Å². The summed E-state index contributed by atoms with van der Waals surface area (Å²) in [6, 6.07) is 6.41. The Bertz CT molecular complexity index is 349. The molecule has 0 aliphatic rings. The van der Waals surface area contributed by atoms with Gasteiger partial charge in [-0.3, -0.25) is 0 Å². The third-order valence-electron chi connectivity index (χ3n) is 4.02. The van der Waals surface area contributed by atoms with Gasteiger partial charge in [0.1, 0.15) is 0 Å². The standard InChI is InChI=1S/C15H25NO/c1-6-15(4,17-5)14(16)10-13-11(2)8-7-9-12(13)3/h7-9,14H,6,10,16H2,1-5H3. The number of nitrogens with two attached hydrogens (primary N) is 1. The van der Waals surface area contributed by atoms with E-state index in [2.05, 4.69) is 45.9 Å². The van der Waals surface area contributed by atoms with E-state index in [-0.39, 0.29) is 11.6 Å². The van der Waals surface area contributed by atoms with Gasteiger partial charge in [-0.05, 0) is 50.3 Å². The van der Waals surface area contributed by atoms with E-state index in [4.69, 9.17) is 10.5 Å². The maximum absolute atomic E-state index is 6.32. The molecule has 0 aliphatic heterocycles. The van der Waals surface area contributed by atoms with Crippen LogP contribution in [0.5, 0.6) is 0 Å². The Morgan fingerprint density at radius 2 is 1.82 bits per heavy atom. The van der Waals surface area contributed by atoms with Gasteiger partial charge in [-0.1, -0.05) is 25.1 Å². The molecular weight excluding hydrogens is 210 g/mol. The quantitative estimate of drug-likeness (QED) is 0.851. The summed E-state index contributed by atoms with van der Waals surface area (Å²) in [7, 11) is 1.74. The van der Waals surface area contributed by atoms with Crippen LogP contribution in [0.25, 0.3) is 0 Å². The lowest BCUT2D eigenvalue weighted by Gasteiger charge is -2.34. The van der Waals surface area contributed by atoms with Crippen LogP contribution in [0.3, 0.4) is 0 Å². The zero-order chi connectivity index (χ0) is 13.1. The Morgan fingerprint density at radius 1 is 1.29 bits per heavy atom. The van der Waals surface area contributed by atoms with E-state index < -0.39 is 0 Å². The molecule has 1 aromatic rings. The SMILES string of the molecule is CCC(C)(OC)C(N)Cc1c(C)cccc1C. The van der Waals surface area contributed by atoms with Crippen LogP contribution in [0.4, 0.5) is 0 Å². The predicted octanol–water partition coefficient (Wildman–Crippen LogP) is 2.99. The van der Waals surface area contributed by atoms with Crippen molar-refractivity contribution in [3.8, 4) is 0 Å². The third kappa shape index (κ3) is 3.08. The summed E-state index contributed by atoms with van der Waals surface area (Å²) in [5, 5.41) is 0. The molecule has 2 N–H and O–H groups in total. The molecular formula is C15H25NO. The Labute approximate surface area is 105 Å². The first-order valence-electron chi connectivity index (χ1n) is 6.30. The monoisotopic (exact) mass is 235 g/mol. The van der Waals surface area contributed by atoms with Crippen molar-refractivity contribution in [3.05, 3.63) is 34.9 Å². The van der Waals surface area contributed by atoms with Crippen LogP contribution in [0.1, 0.15) is 37.0 Å². The summed E-state index contributed by atoms with van der Waals surface area (Å²) in [5.74, 6) is 0. The number of rotatable bonds is 5. The highest BCUT2D eigenvalue weighted by Crippen LogP contribution is 2.23. The highest BCUT2D eigenvalue weighted by Gasteiger charge is 2.30. The highest BCUT2D eigenvalue weighted by molar-refractivity contribution is 5.34. The molecule has 17 heavy (non-hydrogen) atoms. The molecule has 2 atom stereocenters. The molecule has 0 radical (unpaired) electrons. The van der Waals surface area contributed by atoms with Gasteiger partial charge in [0.05, 0.1) is 5.60 Å². The van der Waals surface area contributed by atoms with Gasteiger partial charge in [0.2, 0.25) is 0 Å². The molecule has 0 saturated carbocycles. The Balaban J connectivity index is 2.91. The van der Waals surface area contributed by atoms with Gasteiger partial charge >= 0.3 is 0 Å². The lowest BCUT2D eigenvalue weighted by molar-refractivity contribution is -0.0185. The van der Waals surface area contributed by atoms with Gasteiger partial charge in [-0.15, -0.1) is 0 Å². The van der Waals surface area contributed by atoms with Crippen molar-refractivity contribution in [1.82, 2.24) is 0 Å². The number of ether oxygens (including phenoxy) is 1. The number of hydrogen-bond donors (Lipinski definition) is 1. The molecule has 0 saturated heterocycles. The van der Waals surface area contributed by atoms with Crippen molar-refractivity contribution >= 4 is 0 Å². The summed E-state index contributed by atoms with van der Waals surface area (Å²) in [6.45, 7) is 8.50. The Kier molecular flexibility index (Phi) is 4.72. The highest BCUT2D eigenvalue weighted by atomic mass is 16.5. The molecule has 1 rings (SSSR count). The molecule has 0 bridgehead atoms. The number of methoxy groups -OCH3 is 1. The minimum absolute atomic E-state index is 0.0253. The second-order valence-corrected chi connectivity index (χ2v) is 5.05. The average molecular weight is 235 g/mol. The zero-order valence-corrected chi connectivity index (χ0v) is 11.7. The third-order valence-corrected chi connectivity index (χ3v) is 4.02. The fourth-order valence-electron chi connectivity index (χ4n) is 2.16. The van der Waals surface area contributed by atoms with E-state index in [1.165, 1.54) is 16.7 Å². The molecule has 2 heteroatoms. The first kappa shape index (κ1) is 14.2. The van der Waals surface area contributed by atoms with Crippen molar-refractivity contribution in [2.75, 3.05) is 7.11 Å². The second-order valence-electron chi connectivity index (χ2n) is 5.05. The van der Waals surface area contributed by atoms with Crippen LogP contribution in [-0.4, -0.2) is 18.8 Å². The van der Waals surface area contributed by atoms with E-state index in [0.717, 1.165) is 12.8 Å². The van der Waals surface area contributed by atoms with E-state index >= 15 is 0 Å². The molecule has 2 nitrogen and oxygen atoms in total. The lowest BCUT2D eigenvalue weighted by Crippen LogP contribution is -2.48. The molecule has 1 aromatic carbocycles. The van der Waals surface area contributed by atoms with E-state index in [9.17, 15) is 0 Å². The van der Waals surface area contributed by atoms with Gasteiger partial charge in [-0.25, -0.2) is 0 Å². The van der Waals surface area contributed by atoms with Crippen molar-refractivity contribution in [3.63, 3.8) is 0 Å². The summed E-state index contributed by atoms with van der Waals surface area (Å²) < 4.78 is 5.58. The molecule has 0 fully saturated rings. The first-order valence-corrected chi connectivity index (χ1v) is 6.30. The van der Waals surface area contributed by atoms with Crippen LogP contribution in [-0.2, 0) is 11.2 Å². The van der Waals surface area contributed by atoms with E-state index in [0.29, 0.717) is 0 Å². The van der Waals surface area contributed by atoms with Gasteiger partial charge in [-0.2, -0.15) is 0 Å². The lowest BCUT2D eigenvalue weighted by atomic mass is 9.86. The van der Waals surface area contributed by atoms with Gasteiger partial charge < -0.3 is 10.5 Å². The van der Waals surface area contributed by atoms with Crippen molar-refractivity contribution in [2.45, 2.75) is 52.2 Å². The smallest absolute Gasteiger partial charge is 0.0801 e. The van der Waals surface area contributed by atoms with Crippen LogP contribution >= 0.6 is 0 Å². The number of benzene rings is 1. The molecule has 96 valence electrons. The number of hydrogen-bond acceptors (Lipinski definition) is 2. The van der Waals surface area contributed by atoms with Crippen LogP contribution in [0, 0.1) is 13.8 Å². The van der Waals surface area contributed by atoms with Gasteiger partial charge in [0, 0.05) is 13.2 Å². The second kappa shape index (κ2) is 5.65. The molecule has 2 unspecified atom stereocenters. The average Bonchev–Trinajstić information content (AvgIpc) is 2.32. The fraction of sp³-hybridized carbons (Fsp3) is 0.600. The summed E-state index contributed by atoms with van der Waals surface area (Å²) >= 11 is 0. The summed E-state index contributed by atoms with van der Waals surface area (Å²) in [5.41, 5.74) is 10.1. The minimum atomic E-state index is -0.241. The van der Waals surface area contributed by atoms with E-state index in [1.807, 2.05) is 0 Å². The topological polar surface area (TPSA) is 35.2 Å². The number of aryl methyl sites for hydroxylation is 2. The van der Waals surface area contributed by atoms with Crippen LogP contribution < -0.4 is 5.73 Å². The van der Waals surface area contributed by atoms with Crippen LogP contribution in [0.2, 0.25) is 0 Å². The Hall–Kier alpha value is -0.860. The summed E-state index contributed by atoms with van der Waals surface area (Å²) in [4.78, 5) is 0. The van der Waals surface area contributed by atoms with Crippen LogP contribution in [0.15, 0.2) is 18.2 Å². The molecule has 0 heterocycles. The van der Waals surface area contributed by atoms with Crippen molar-refractivity contribution < 1.29 is 4.74 Å². The minimum Gasteiger partial charge on any atom is -0.377 e. The maximum Gasteiger partial charge on any atom is 0.0801 e. The van der Waals surface area contributed by atoms with Gasteiger partial charge in [0.15, 0.2) is 0 Å². The molecule has 0 spiro atoms. The Morgan fingerprint density at radius 3 is 2.24 bits per heavy atom. The predicted molar refractivity (Wildman–Crippen MR) is 73.3 cm³/mol. The summed E-state index contributed by atoms with van der Waals surface area (Å²) in [6.07, 6.45) is 1.80. The fourth-order valence-corrected chi connectivity index (χ4v) is 2.16. The van der Waals surface area contributed by atoms with Crippen molar-refractivity contribution in [2.24, 2.45) is 5.73 Å². The molecule has 0 amide bonds. The normalized spacial score (nSPS) is 16.6. The van der Waals surface area contributed by atoms with Crippen molar-refractivity contribution in [1.29, 1.82) is 0 Å². The molecule has 0 aliphatic carbocycles.